The van der Waals surface area contributed by atoms with Crippen LogP contribution in [0.25, 0.3) is 0 Å². The first-order valence-corrected chi connectivity index (χ1v) is 8.61. The highest BCUT2D eigenvalue weighted by atomic mass is 35.5. The fourth-order valence-corrected chi connectivity index (χ4v) is 2.75. The zero-order chi connectivity index (χ0) is 17.4. The summed E-state index contributed by atoms with van der Waals surface area (Å²) in [5.74, 6) is 0.843. The molecule has 0 aromatic heterocycles. The minimum Gasteiger partial charge on any atom is -0.300 e. The molecule has 1 aromatic rings. The molecule has 0 saturated heterocycles. The Morgan fingerprint density at radius 3 is 2.79 bits per heavy atom. The Hall–Kier alpha value is -2.13. The molecule has 24 heavy (non-hydrogen) atoms. The number of aliphatic imine (C=N–C) groups is 1. The van der Waals surface area contributed by atoms with E-state index in [1.54, 1.807) is 17.1 Å². The van der Waals surface area contributed by atoms with Gasteiger partial charge in [-0.2, -0.15) is 0 Å². The van der Waals surface area contributed by atoms with E-state index in [1.165, 1.54) is 5.56 Å². The predicted molar refractivity (Wildman–Crippen MR) is 101 cm³/mol. The van der Waals surface area contributed by atoms with Crippen LogP contribution in [0.1, 0.15) is 31.7 Å². The van der Waals surface area contributed by atoms with Gasteiger partial charge in [-0.3, -0.25) is 9.69 Å². The molecule has 2 rings (SSSR count). The molecule has 0 spiro atoms. The van der Waals surface area contributed by atoms with Crippen LogP contribution in [0.2, 0.25) is 0 Å². The minimum atomic E-state index is 0.0584. The zero-order valence-electron chi connectivity index (χ0n) is 14.0. The quantitative estimate of drug-likeness (QED) is 0.652. The lowest BCUT2D eigenvalue weighted by Crippen LogP contribution is -2.41. The summed E-state index contributed by atoms with van der Waals surface area (Å²) in [5.41, 5.74) is 1.86. The summed E-state index contributed by atoms with van der Waals surface area (Å²) in [6.07, 6.45) is 8.00. The van der Waals surface area contributed by atoms with E-state index in [-0.39, 0.29) is 12.3 Å². The number of halogens is 1. The number of rotatable bonds is 7. The highest BCUT2D eigenvalue weighted by Crippen LogP contribution is 2.23. The molecule has 4 heteroatoms. The first kappa shape index (κ1) is 18.2. The number of carbonyl (C=O) groups is 1. The number of nitrogens with zero attached hydrogens (tertiary/aromatic N) is 2. The third kappa shape index (κ3) is 4.93. The lowest BCUT2D eigenvalue weighted by molar-refractivity contribution is -0.127. The number of amides is 1. The second kappa shape index (κ2) is 9.24. The molecular weight excluding hydrogens is 320 g/mol. The number of amidine groups is 1. The van der Waals surface area contributed by atoms with Crippen molar-refractivity contribution in [3.05, 3.63) is 71.4 Å². The third-order valence-corrected chi connectivity index (χ3v) is 4.17. The fourth-order valence-electron chi connectivity index (χ4n) is 2.55. The first-order chi connectivity index (χ1) is 11.7. The van der Waals surface area contributed by atoms with Crippen LogP contribution in [0, 0.1) is 0 Å². The number of carbonyl (C=O) groups excluding carboxylic acids is 1. The molecule has 126 valence electrons. The second-order valence-corrected chi connectivity index (χ2v) is 5.97. The summed E-state index contributed by atoms with van der Waals surface area (Å²) in [6.45, 7) is 6.32. The summed E-state index contributed by atoms with van der Waals surface area (Å²) in [7, 11) is 0. The van der Waals surface area contributed by atoms with E-state index in [2.05, 4.69) is 23.7 Å². The van der Waals surface area contributed by atoms with Crippen LogP contribution < -0.4 is 0 Å². The van der Waals surface area contributed by atoms with Gasteiger partial charge in [-0.15, -0.1) is 6.58 Å². The van der Waals surface area contributed by atoms with Crippen molar-refractivity contribution in [1.29, 1.82) is 0 Å². The summed E-state index contributed by atoms with van der Waals surface area (Å²) < 4.78 is 0. The molecule has 1 aliphatic heterocycles. The predicted octanol–water partition coefficient (Wildman–Crippen LogP) is 4.85. The van der Waals surface area contributed by atoms with Crippen LogP contribution in [0.4, 0.5) is 0 Å². The lowest BCUT2D eigenvalue weighted by atomic mass is 10.1. The van der Waals surface area contributed by atoms with Gasteiger partial charge in [-0.1, -0.05) is 61.0 Å². The van der Waals surface area contributed by atoms with Crippen molar-refractivity contribution in [2.24, 2.45) is 4.99 Å². The highest BCUT2D eigenvalue weighted by Gasteiger charge is 2.25. The van der Waals surface area contributed by atoms with E-state index in [9.17, 15) is 4.79 Å². The van der Waals surface area contributed by atoms with Gasteiger partial charge in [-0.25, -0.2) is 4.99 Å². The molecule has 0 atom stereocenters. The molecule has 1 aromatic carbocycles. The molecule has 1 heterocycles. The van der Waals surface area contributed by atoms with Gasteiger partial charge in [0.05, 0.1) is 17.2 Å². The SMILES string of the molecule is C=CC/C=C\C(Cl)=C1/CC(=O)N(CCc2ccccc2)C(CC)=N1. The van der Waals surface area contributed by atoms with E-state index in [4.69, 9.17) is 11.6 Å². The van der Waals surface area contributed by atoms with Crippen molar-refractivity contribution in [3.8, 4) is 0 Å². The van der Waals surface area contributed by atoms with E-state index < -0.39 is 0 Å². The number of allylic oxidation sites excluding steroid dienone is 4. The Bertz CT molecular complexity index is 674. The Morgan fingerprint density at radius 1 is 1.38 bits per heavy atom. The molecule has 1 aliphatic rings. The summed E-state index contributed by atoms with van der Waals surface area (Å²) in [6, 6.07) is 10.2. The van der Waals surface area contributed by atoms with E-state index in [1.807, 2.05) is 31.2 Å². The Morgan fingerprint density at radius 2 is 2.12 bits per heavy atom. The van der Waals surface area contributed by atoms with Crippen molar-refractivity contribution in [3.63, 3.8) is 0 Å². The van der Waals surface area contributed by atoms with Gasteiger partial charge >= 0.3 is 0 Å². The molecule has 0 fully saturated rings. The van der Waals surface area contributed by atoms with Crippen molar-refractivity contribution >= 4 is 23.3 Å². The third-order valence-electron chi connectivity index (χ3n) is 3.82. The number of hydrogen-bond donors (Lipinski definition) is 0. The molecule has 0 N–H and O–H groups in total. The molecular formula is C20H23ClN2O. The van der Waals surface area contributed by atoms with Crippen molar-refractivity contribution < 1.29 is 4.79 Å². The van der Waals surface area contributed by atoms with Crippen LogP contribution in [0.3, 0.4) is 0 Å². The number of benzene rings is 1. The standard InChI is InChI=1S/C20H23ClN2O/c1-3-5-7-12-17(21)18-15-20(24)23(19(4-2)22-18)14-13-16-10-8-6-9-11-16/h3,6-12H,1,4-5,13-15H2,2H3/b12-7-,18-17-. The van der Waals surface area contributed by atoms with Crippen LogP contribution in [-0.2, 0) is 11.2 Å². The Balaban J connectivity index is 2.14. The second-order valence-electron chi connectivity index (χ2n) is 5.56. The van der Waals surface area contributed by atoms with E-state index in [0.717, 1.165) is 18.7 Å². The van der Waals surface area contributed by atoms with Gasteiger partial charge in [0.15, 0.2) is 0 Å². The van der Waals surface area contributed by atoms with Crippen LogP contribution >= 0.6 is 11.6 Å². The van der Waals surface area contributed by atoms with Gasteiger partial charge in [0.1, 0.15) is 5.84 Å². The van der Waals surface area contributed by atoms with Crippen LogP contribution in [-0.4, -0.2) is 23.2 Å². The van der Waals surface area contributed by atoms with Crippen molar-refractivity contribution in [2.75, 3.05) is 6.54 Å². The maximum Gasteiger partial charge on any atom is 0.233 e. The van der Waals surface area contributed by atoms with Gasteiger partial charge in [0.25, 0.3) is 0 Å². The fraction of sp³-hybridized carbons (Fsp3) is 0.300. The Labute approximate surface area is 149 Å². The molecule has 0 bridgehead atoms. The molecule has 1 amide bonds. The largest absolute Gasteiger partial charge is 0.300 e. The normalized spacial score (nSPS) is 17.2. The summed E-state index contributed by atoms with van der Waals surface area (Å²) in [4.78, 5) is 18.9. The molecule has 0 radical (unpaired) electrons. The average molecular weight is 343 g/mol. The van der Waals surface area contributed by atoms with Crippen LogP contribution in [0.5, 0.6) is 0 Å². The zero-order valence-corrected chi connectivity index (χ0v) is 14.8. The van der Waals surface area contributed by atoms with Gasteiger partial charge in [0, 0.05) is 13.0 Å². The highest BCUT2D eigenvalue weighted by molar-refractivity contribution is 6.32. The van der Waals surface area contributed by atoms with Crippen molar-refractivity contribution in [2.45, 2.75) is 32.6 Å². The monoisotopic (exact) mass is 342 g/mol. The minimum absolute atomic E-state index is 0.0584. The maximum absolute atomic E-state index is 12.5. The van der Waals surface area contributed by atoms with Gasteiger partial charge in [0.2, 0.25) is 5.91 Å². The van der Waals surface area contributed by atoms with E-state index in [0.29, 0.717) is 23.7 Å². The summed E-state index contributed by atoms with van der Waals surface area (Å²) in [5, 5.41) is 0.527. The topological polar surface area (TPSA) is 32.7 Å². The smallest absolute Gasteiger partial charge is 0.233 e. The van der Waals surface area contributed by atoms with Gasteiger partial charge in [-0.05, 0) is 24.5 Å². The first-order valence-electron chi connectivity index (χ1n) is 8.23. The van der Waals surface area contributed by atoms with Crippen LogP contribution in [0.15, 0.2) is 70.9 Å². The Kier molecular flexibility index (Phi) is 7.01. The van der Waals surface area contributed by atoms with Gasteiger partial charge < -0.3 is 0 Å². The molecule has 0 aliphatic carbocycles. The lowest BCUT2D eigenvalue weighted by Gasteiger charge is -2.28. The average Bonchev–Trinajstić information content (AvgIpc) is 2.61. The summed E-state index contributed by atoms with van der Waals surface area (Å²) >= 11 is 6.28. The molecule has 0 unspecified atom stereocenters. The molecule has 0 saturated carbocycles. The van der Waals surface area contributed by atoms with Crippen molar-refractivity contribution in [1.82, 2.24) is 4.90 Å². The maximum atomic E-state index is 12.5. The number of hydrogen-bond acceptors (Lipinski definition) is 2. The molecule has 3 nitrogen and oxygen atoms in total. The van der Waals surface area contributed by atoms with E-state index >= 15 is 0 Å².